The molecule has 6 heteroatoms. The van der Waals surface area contributed by atoms with E-state index in [1.165, 1.54) is 0 Å². The van der Waals surface area contributed by atoms with E-state index in [9.17, 15) is 9.59 Å². The van der Waals surface area contributed by atoms with Crippen molar-refractivity contribution in [1.82, 2.24) is 5.32 Å². The third-order valence-corrected chi connectivity index (χ3v) is 5.77. The molecule has 2 atom stereocenters. The van der Waals surface area contributed by atoms with Crippen LogP contribution >= 0.6 is 31.9 Å². The summed E-state index contributed by atoms with van der Waals surface area (Å²) < 4.78 is 5.14. The zero-order chi connectivity index (χ0) is 18.2. The molecule has 0 aromatic heterocycles. The van der Waals surface area contributed by atoms with E-state index >= 15 is 0 Å². The van der Waals surface area contributed by atoms with Crippen LogP contribution in [0.15, 0.2) is 54.6 Å². The lowest BCUT2D eigenvalue weighted by molar-refractivity contribution is -0.145. The van der Waals surface area contributed by atoms with Crippen LogP contribution in [0.25, 0.3) is 11.1 Å². The fraction of sp³-hybridized carbons (Fsp3) is 0.263. The Balaban J connectivity index is 1.93. The average molecular weight is 469 g/mol. The van der Waals surface area contributed by atoms with Crippen molar-refractivity contribution in [3.63, 3.8) is 0 Å². The van der Waals surface area contributed by atoms with E-state index in [4.69, 9.17) is 4.74 Å². The summed E-state index contributed by atoms with van der Waals surface area (Å²) in [6.45, 7) is 1.85. The summed E-state index contributed by atoms with van der Waals surface area (Å²) in [6.07, 6.45) is 0. The molecule has 2 aromatic rings. The van der Waals surface area contributed by atoms with Gasteiger partial charge in [0.25, 0.3) is 5.91 Å². The minimum absolute atomic E-state index is 0.0462. The van der Waals surface area contributed by atoms with Gasteiger partial charge < -0.3 is 10.1 Å². The van der Waals surface area contributed by atoms with Gasteiger partial charge in [-0.3, -0.25) is 4.79 Å². The highest BCUT2D eigenvalue weighted by Gasteiger charge is 2.19. The highest BCUT2D eigenvalue weighted by Crippen LogP contribution is 2.19. The maximum absolute atomic E-state index is 12.3. The van der Waals surface area contributed by atoms with Gasteiger partial charge in [-0.05, 0) is 30.2 Å². The first kappa shape index (κ1) is 19.7. The Morgan fingerprint density at radius 3 is 2.24 bits per heavy atom. The van der Waals surface area contributed by atoms with Crippen LogP contribution in [0.2, 0.25) is 0 Å². The number of carbonyl (C=O) groups is 2. The summed E-state index contributed by atoms with van der Waals surface area (Å²) >= 11 is 6.64. The monoisotopic (exact) mass is 467 g/mol. The number of halogens is 2. The van der Waals surface area contributed by atoms with Crippen molar-refractivity contribution < 1.29 is 14.3 Å². The number of rotatable bonds is 7. The van der Waals surface area contributed by atoms with Crippen LogP contribution in [0.5, 0.6) is 0 Å². The standard InChI is InChI=1S/C19H19Br2NO3/c1-13(19(24)25-12-17(21)11-20)22-18(23)16-9-7-15(8-10-16)14-5-3-2-4-6-14/h2-10,13,17H,11-12H2,1H3,(H,22,23)/t13-,17+/m0/s1. The second-order valence-corrected chi connectivity index (χ2v) is 7.46. The topological polar surface area (TPSA) is 55.4 Å². The second kappa shape index (κ2) is 9.73. The van der Waals surface area contributed by atoms with E-state index in [-0.39, 0.29) is 17.3 Å². The third-order valence-electron chi connectivity index (χ3n) is 3.53. The van der Waals surface area contributed by atoms with Crippen molar-refractivity contribution in [2.24, 2.45) is 0 Å². The van der Waals surface area contributed by atoms with Gasteiger partial charge in [0.1, 0.15) is 12.6 Å². The lowest BCUT2D eigenvalue weighted by Gasteiger charge is -2.15. The van der Waals surface area contributed by atoms with Crippen LogP contribution in [0, 0.1) is 0 Å². The molecule has 132 valence electrons. The van der Waals surface area contributed by atoms with Crippen LogP contribution in [-0.2, 0) is 9.53 Å². The van der Waals surface area contributed by atoms with Crippen LogP contribution in [0.1, 0.15) is 17.3 Å². The largest absolute Gasteiger partial charge is 0.463 e. The van der Waals surface area contributed by atoms with Crippen molar-refractivity contribution >= 4 is 43.7 Å². The molecule has 0 unspecified atom stereocenters. The molecule has 25 heavy (non-hydrogen) atoms. The van der Waals surface area contributed by atoms with Crippen molar-refractivity contribution in [2.45, 2.75) is 17.8 Å². The molecule has 0 saturated heterocycles. The summed E-state index contributed by atoms with van der Waals surface area (Å²) in [5, 5.41) is 3.33. The summed E-state index contributed by atoms with van der Waals surface area (Å²) in [7, 11) is 0. The Kier molecular flexibility index (Phi) is 7.65. The number of alkyl halides is 2. The summed E-state index contributed by atoms with van der Waals surface area (Å²) in [5.74, 6) is -0.764. The molecular formula is C19H19Br2NO3. The summed E-state index contributed by atoms with van der Waals surface area (Å²) in [5.41, 5.74) is 2.61. The van der Waals surface area contributed by atoms with Gasteiger partial charge in [-0.25, -0.2) is 4.79 Å². The quantitative estimate of drug-likeness (QED) is 0.490. The van der Waals surface area contributed by atoms with Crippen molar-refractivity contribution in [2.75, 3.05) is 11.9 Å². The third kappa shape index (κ3) is 5.97. The number of benzene rings is 2. The molecule has 0 fully saturated rings. The van der Waals surface area contributed by atoms with Gasteiger partial charge in [-0.1, -0.05) is 74.3 Å². The number of hydrogen-bond acceptors (Lipinski definition) is 3. The Hall–Kier alpha value is -1.66. The van der Waals surface area contributed by atoms with Crippen LogP contribution in [-0.4, -0.2) is 34.7 Å². The Morgan fingerprint density at radius 1 is 1.04 bits per heavy atom. The zero-order valence-corrected chi connectivity index (χ0v) is 16.9. The van der Waals surface area contributed by atoms with Gasteiger partial charge in [0, 0.05) is 10.9 Å². The number of nitrogens with one attached hydrogen (secondary N) is 1. The molecule has 0 aliphatic heterocycles. The minimum atomic E-state index is -0.712. The number of hydrogen-bond donors (Lipinski definition) is 1. The molecule has 0 spiro atoms. The van der Waals surface area contributed by atoms with E-state index in [0.717, 1.165) is 11.1 Å². The number of esters is 1. The fourth-order valence-corrected chi connectivity index (χ4v) is 2.44. The van der Waals surface area contributed by atoms with E-state index in [1.807, 2.05) is 42.5 Å². The summed E-state index contributed by atoms with van der Waals surface area (Å²) in [4.78, 5) is 24.2. The minimum Gasteiger partial charge on any atom is -0.463 e. The first-order chi connectivity index (χ1) is 12.0. The van der Waals surface area contributed by atoms with E-state index in [1.54, 1.807) is 19.1 Å². The molecule has 0 radical (unpaired) electrons. The van der Waals surface area contributed by atoms with E-state index in [0.29, 0.717) is 10.9 Å². The molecule has 0 bridgehead atoms. The molecule has 1 amide bonds. The molecule has 4 nitrogen and oxygen atoms in total. The molecule has 1 N–H and O–H groups in total. The maximum Gasteiger partial charge on any atom is 0.328 e. The predicted molar refractivity (Wildman–Crippen MR) is 106 cm³/mol. The molecule has 2 aromatic carbocycles. The van der Waals surface area contributed by atoms with Crippen LogP contribution in [0.3, 0.4) is 0 Å². The van der Waals surface area contributed by atoms with Gasteiger partial charge in [-0.2, -0.15) is 0 Å². The van der Waals surface area contributed by atoms with Gasteiger partial charge in [-0.15, -0.1) is 0 Å². The molecular weight excluding hydrogens is 450 g/mol. The Morgan fingerprint density at radius 2 is 1.64 bits per heavy atom. The predicted octanol–water partition coefficient (Wildman–Crippen LogP) is 4.17. The first-order valence-electron chi connectivity index (χ1n) is 7.84. The Labute approximate surface area is 164 Å². The lowest BCUT2D eigenvalue weighted by atomic mass is 10.0. The highest BCUT2D eigenvalue weighted by atomic mass is 79.9. The van der Waals surface area contributed by atoms with E-state index < -0.39 is 12.0 Å². The van der Waals surface area contributed by atoms with Gasteiger partial charge in [0.2, 0.25) is 0 Å². The van der Waals surface area contributed by atoms with Gasteiger partial charge in [0.05, 0.1) is 4.83 Å². The number of amides is 1. The summed E-state index contributed by atoms with van der Waals surface area (Å²) in [6, 6.07) is 16.5. The van der Waals surface area contributed by atoms with Crippen molar-refractivity contribution in [3.8, 4) is 11.1 Å². The molecule has 0 heterocycles. The molecule has 0 aliphatic rings. The van der Waals surface area contributed by atoms with Gasteiger partial charge in [0.15, 0.2) is 0 Å². The number of carbonyl (C=O) groups excluding carboxylic acids is 2. The van der Waals surface area contributed by atoms with Gasteiger partial charge >= 0.3 is 5.97 Å². The average Bonchev–Trinajstić information content (AvgIpc) is 2.66. The lowest BCUT2D eigenvalue weighted by Crippen LogP contribution is -2.40. The first-order valence-corrected chi connectivity index (χ1v) is 9.88. The second-order valence-electron chi connectivity index (χ2n) is 5.52. The maximum atomic E-state index is 12.3. The molecule has 0 aliphatic carbocycles. The van der Waals surface area contributed by atoms with Crippen molar-refractivity contribution in [1.29, 1.82) is 0 Å². The van der Waals surface area contributed by atoms with E-state index in [2.05, 4.69) is 37.2 Å². The fourth-order valence-electron chi connectivity index (χ4n) is 2.13. The van der Waals surface area contributed by atoms with Crippen molar-refractivity contribution in [3.05, 3.63) is 60.2 Å². The van der Waals surface area contributed by atoms with Crippen LogP contribution in [0.4, 0.5) is 0 Å². The normalized spacial score (nSPS) is 12.9. The SMILES string of the molecule is C[C@H](NC(=O)c1ccc(-c2ccccc2)cc1)C(=O)OC[C@H](Br)CBr. The molecule has 0 saturated carbocycles. The highest BCUT2D eigenvalue weighted by molar-refractivity contribution is 9.12. The molecule has 2 rings (SSSR count). The van der Waals surface area contributed by atoms with Crippen LogP contribution < -0.4 is 5.32 Å². The Bertz CT molecular complexity index is 704. The number of ether oxygens (including phenoxy) is 1. The smallest absolute Gasteiger partial charge is 0.328 e. The zero-order valence-electron chi connectivity index (χ0n) is 13.7.